The van der Waals surface area contributed by atoms with Gasteiger partial charge in [0.05, 0.1) is 17.1 Å². The molecule has 3 unspecified atom stereocenters. The Hall–Kier alpha value is -2.86. The lowest BCUT2D eigenvalue weighted by Gasteiger charge is -2.27. The molecule has 2 amide bonds. The number of fused-ring (bicyclic) bond motifs is 2. The molecule has 0 spiro atoms. The smallest absolute Gasteiger partial charge is 0.254 e. The van der Waals surface area contributed by atoms with Crippen molar-refractivity contribution in [3.05, 3.63) is 64.7 Å². The van der Waals surface area contributed by atoms with Crippen molar-refractivity contribution in [3.63, 3.8) is 0 Å². The van der Waals surface area contributed by atoms with Crippen molar-refractivity contribution >= 4 is 11.8 Å². The zero-order valence-electron chi connectivity index (χ0n) is 17.9. The highest BCUT2D eigenvalue weighted by atomic mass is 16.5. The summed E-state index contributed by atoms with van der Waals surface area (Å²) < 4.78 is 6.09. The van der Waals surface area contributed by atoms with Crippen LogP contribution in [0.15, 0.2) is 42.5 Å². The van der Waals surface area contributed by atoms with Gasteiger partial charge in [0.25, 0.3) is 11.8 Å². The second-order valence-electron chi connectivity index (χ2n) is 9.02. The molecule has 5 rings (SSSR count). The maximum Gasteiger partial charge on any atom is 0.254 e. The van der Waals surface area contributed by atoms with Crippen molar-refractivity contribution in [3.8, 4) is 5.75 Å². The summed E-state index contributed by atoms with van der Waals surface area (Å²) in [6.07, 6.45) is 2.05. The standard InChI is InChI=1S/C25H28N2O4/c1-3-25(15-7-5-4-6-8-15)13-31-22-19(24(30)26-2)9-14(10-20(22)25)23(29)27-21-17-11-16(28)12-18(17)21/h4-10,16-18,21,28H,3,11-13H2,1-2H3,(H,26,30)(H,27,29)/t16?,17-,18+,21?,25?. The number of rotatable bonds is 5. The highest BCUT2D eigenvalue weighted by Crippen LogP contribution is 2.52. The minimum Gasteiger partial charge on any atom is -0.491 e. The number of aliphatic hydroxyl groups excluding tert-OH is 1. The van der Waals surface area contributed by atoms with Gasteiger partial charge in [0.15, 0.2) is 0 Å². The minimum atomic E-state index is -0.407. The molecule has 0 radical (unpaired) electrons. The van der Waals surface area contributed by atoms with Gasteiger partial charge in [-0.3, -0.25) is 9.59 Å². The number of benzene rings is 2. The van der Waals surface area contributed by atoms with E-state index < -0.39 is 5.41 Å². The van der Waals surface area contributed by atoms with Crippen LogP contribution in [0.3, 0.4) is 0 Å². The van der Waals surface area contributed by atoms with E-state index >= 15 is 0 Å². The van der Waals surface area contributed by atoms with Crippen LogP contribution in [0.4, 0.5) is 0 Å². The molecule has 31 heavy (non-hydrogen) atoms. The summed E-state index contributed by atoms with van der Waals surface area (Å²) in [5.41, 5.74) is 2.46. The lowest BCUT2D eigenvalue weighted by Crippen LogP contribution is -2.31. The predicted molar refractivity (Wildman–Crippen MR) is 116 cm³/mol. The zero-order valence-corrected chi connectivity index (χ0v) is 17.9. The molecular weight excluding hydrogens is 392 g/mol. The van der Waals surface area contributed by atoms with Gasteiger partial charge >= 0.3 is 0 Å². The van der Waals surface area contributed by atoms with E-state index in [1.165, 1.54) is 0 Å². The predicted octanol–water partition coefficient (Wildman–Crippen LogP) is 2.63. The lowest BCUT2D eigenvalue weighted by atomic mass is 9.73. The first-order valence-corrected chi connectivity index (χ1v) is 11.1. The van der Waals surface area contributed by atoms with Crippen LogP contribution in [0.5, 0.6) is 5.75 Å². The van der Waals surface area contributed by atoms with Crippen LogP contribution in [-0.2, 0) is 5.41 Å². The first kappa shape index (κ1) is 20.1. The molecule has 1 heterocycles. The summed E-state index contributed by atoms with van der Waals surface area (Å²) in [6.45, 7) is 2.54. The number of amides is 2. The summed E-state index contributed by atoms with van der Waals surface area (Å²) in [5.74, 6) is 0.862. The SMILES string of the molecule is CCC1(c2ccccc2)COc2c(C(=O)NC)cc(C(=O)NC3[C@H]4CC(O)C[C@@H]34)cc21. The number of nitrogens with one attached hydrogen (secondary N) is 2. The molecule has 2 aliphatic carbocycles. The second kappa shape index (κ2) is 7.38. The Morgan fingerprint density at radius 1 is 1.13 bits per heavy atom. The average Bonchev–Trinajstić information content (AvgIpc) is 3.13. The molecule has 2 fully saturated rings. The van der Waals surface area contributed by atoms with Crippen LogP contribution in [0, 0.1) is 11.8 Å². The van der Waals surface area contributed by atoms with Crippen LogP contribution < -0.4 is 15.4 Å². The van der Waals surface area contributed by atoms with E-state index in [9.17, 15) is 14.7 Å². The molecule has 5 atom stereocenters. The summed E-state index contributed by atoms with van der Waals surface area (Å²) >= 11 is 0. The van der Waals surface area contributed by atoms with Crippen LogP contribution in [0.25, 0.3) is 0 Å². The number of hydrogen-bond donors (Lipinski definition) is 3. The maximum atomic E-state index is 13.2. The summed E-state index contributed by atoms with van der Waals surface area (Å²) in [4.78, 5) is 25.8. The van der Waals surface area contributed by atoms with Crippen molar-refractivity contribution in [2.45, 2.75) is 43.7 Å². The summed E-state index contributed by atoms with van der Waals surface area (Å²) in [7, 11) is 1.58. The van der Waals surface area contributed by atoms with Crippen molar-refractivity contribution < 1.29 is 19.4 Å². The van der Waals surface area contributed by atoms with Gasteiger partial charge in [-0.05, 0) is 48.8 Å². The Kier molecular flexibility index (Phi) is 4.77. The maximum absolute atomic E-state index is 13.2. The fourth-order valence-electron chi connectivity index (χ4n) is 5.60. The average molecular weight is 421 g/mol. The minimum absolute atomic E-state index is 0.119. The number of aliphatic hydroxyl groups is 1. The van der Waals surface area contributed by atoms with E-state index in [-0.39, 0.29) is 24.0 Å². The van der Waals surface area contributed by atoms with Crippen LogP contribution in [0.1, 0.15) is 58.0 Å². The summed E-state index contributed by atoms with van der Waals surface area (Å²) in [6, 6.07) is 13.8. The van der Waals surface area contributed by atoms with Crippen LogP contribution in [0.2, 0.25) is 0 Å². The third kappa shape index (κ3) is 3.12. The molecule has 2 saturated carbocycles. The van der Waals surface area contributed by atoms with E-state index in [2.05, 4.69) is 29.7 Å². The number of carbonyl (C=O) groups is 2. The van der Waals surface area contributed by atoms with Crippen molar-refractivity contribution in [1.29, 1.82) is 0 Å². The van der Waals surface area contributed by atoms with Gasteiger partial charge in [0, 0.05) is 24.2 Å². The van der Waals surface area contributed by atoms with Gasteiger partial charge in [-0.1, -0.05) is 37.3 Å². The van der Waals surface area contributed by atoms with Gasteiger partial charge in [-0.2, -0.15) is 0 Å². The molecule has 3 aliphatic rings. The van der Waals surface area contributed by atoms with Gasteiger partial charge in [0.1, 0.15) is 12.4 Å². The Balaban J connectivity index is 1.54. The second-order valence-corrected chi connectivity index (χ2v) is 9.02. The molecule has 3 N–H and O–H groups in total. The van der Waals surface area contributed by atoms with E-state index in [1.807, 2.05) is 24.3 Å². The van der Waals surface area contributed by atoms with Gasteiger partial charge in [-0.25, -0.2) is 0 Å². The molecule has 2 aromatic carbocycles. The van der Waals surface area contributed by atoms with Crippen molar-refractivity contribution in [2.75, 3.05) is 13.7 Å². The molecular formula is C25H28N2O4. The number of hydrogen-bond acceptors (Lipinski definition) is 4. The van der Waals surface area contributed by atoms with Gasteiger partial charge in [-0.15, -0.1) is 0 Å². The molecule has 0 aromatic heterocycles. The topological polar surface area (TPSA) is 87.7 Å². The van der Waals surface area contributed by atoms with Crippen molar-refractivity contribution in [1.82, 2.24) is 10.6 Å². The fraction of sp³-hybridized carbons (Fsp3) is 0.440. The quantitative estimate of drug-likeness (QED) is 0.694. The zero-order chi connectivity index (χ0) is 21.8. The third-order valence-corrected chi connectivity index (χ3v) is 7.45. The van der Waals surface area contributed by atoms with Crippen LogP contribution >= 0.6 is 0 Å². The highest BCUT2D eigenvalue weighted by molar-refractivity contribution is 6.02. The van der Waals surface area contributed by atoms with E-state index in [1.54, 1.807) is 13.1 Å². The molecule has 0 bridgehead atoms. The molecule has 0 saturated heterocycles. The monoisotopic (exact) mass is 420 g/mol. The number of ether oxygens (including phenoxy) is 1. The van der Waals surface area contributed by atoms with Gasteiger partial charge < -0.3 is 20.5 Å². The molecule has 6 nitrogen and oxygen atoms in total. The Morgan fingerprint density at radius 2 is 1.84 bits per heavy atom. The van der Waals surface area contributed by atoms with Crippen LogP contribution in [-0.4, -0.2) is 42.7 Å². The van der Waals surface area contributed by atoms with Crippen molar-refractivity contribution in [2.24, 2.45) is 11.8 Å². The third-order valence-electron chi connectivity index (χ3n) is 7.45. The van der Waals surface area contributed by atoms with Gasteiger partial charge in [0.2, 0.25) is 0 Å². The van der Waals surface area contributed by atoms with E-state index in [0.717, 1.165) is 30.4 Å². The van der Waals surface area contributed by atoms with E-state index in [4.69, 9.17) is 4.74 Å². The Labute approximate surface area is 182 Å². The highest BCUT2D eigenvalue weighted by Gasteiger charge is 2.56. The first-order valence-electron chi connectivity index (χ1n) is 11.1. The van der Waals surface area contributed by atoms with E-state index in [0.29, 0.717) is 35.3 Å². The fourth-order valence-corrected chi connectivity index (χ4v) is 5.60. The lowest BCUT2D eigenvalue weighted by molar-refractivity contribution is 0.0937. The molecule has 162 valence electrons. The first-order chi connectivity index (χ1) is 15.0. The molecule has 1 aliphatic heterocycles. The molecule has 6 heteroatoms. The number of carbonyl (C=O) groups excluding carboxylic acids is 2. The Bertz CT molecular complexity index is 1030. The summed E-state index contributed by atoms with van der Waals surface area (Å²) in [5, 5.41) is 15.6. The normalized spacial score (nSPS) is 30.2. The molecule has 2 aromatic rings. The Morgan fingerprint density at radius 3 is 2.48 bits per heavy atom. The largest absolute Gasteiger partial charge is 0.491 e.